The van der Waals surface area contributed by atoms with Crippen molar-refractivity contribution in [2.24, 2.45) is 4.99 Å². The van der Waals surface area contributed by atoms with E-state index in [-0.39, 0.29) is 35.8 Å². The molecule has 2 N–H and O–H groups in total. The number of guanidine groups is 1. The van der Waals surface area contributed by atoms with E-state index in [4.69, 9.17) is 4.42 Å². The first-order chi connectivity index (χ1) is 14.2. The quantitative estimate of drug-likeness (QED) is 0.299. The topological polar surface area (TPSA) is 62.0 Å². The van der Waals surface area contributed by atoms with Crippen molar-refractivity contribution in [3.63, 3.8) is 0 Å². The highest BCUT2D eigenvalue weighted by molar-refractivity contribution is 14.0. The van der Waals surface area contributed by atoms with Crippen molar-refractivity contribution in [1.29, 1.82) is 0 Å². The molecule has 0 spiro atoms. The second-order valence-corrected chi connectivity index (χ2v) is 6.92. The predicted molar refractivity (Wildman–Crippen MR) is 124 cm³/mol. The second kappa shape index (κ2) is 12.7. The average molecular weight is 534 g/mol. The van der Waals surface area contributed by atoms with Gasteiger partial charge in [0, 0.05) is 25.7 Å². The molecule has 166 valence electrons. The van der Waals surface area contributed by atoms with E-state index in [1.54, 1.807) is 31.5 Å². The number of nitrogens with one attached hydrogen (secondary N) is 2. The lowest BCUT2D eigenvalue weighted by molar-refractivity contribution is -0.0504. The van der Waals surface area contributed by atoms with Crippen molar-refractivity contribution in [3.05, 3.63) is 54.0 Å². The second-order valence-electron chi connectivity index (χ2n) is 6.92. The van der Waals surface area contributed by atoms with Crippen molar-refractivity contribution >= 4 is 29.9 Å². The van der Waals surface area contributed by atoms with Crippen LogP contribution in [0.15, 0.2) is 52.1 Å². The van der Waals surface area contributed by atoms with E-state index >= 15 is 0 Å². The van der Waals surface area contributed by atoms with Gasteiger partial charge < -0.3 is 19.8 Å². The molecule has 1 aromatic carbocycles. The molecule has 0 aliphatic carbocycles. The van der Waals surface area contributed by atoms with Crippen LogP contribution in [0, 0.1) is 0 Å². The molecule has 1 saturated heterocycles. The number of likely N-dealkylation sites (tertiary alicyclic amines) is 1. The molecule has 2 aromatic rings. The van der Waals surface area contributed by atoms with Gasteiger partial charge in [-0.2, -0.15) is 8.78 Å². The molecular weight excluding hydrogens is 505 g/mol. The Hall–Kier alpha value is -1.88. The Morgan fingerprint density at radius 1 is 1.13 bits per heavy atom. The highest BCUT2D eigenvalue weighted by atomic mass is 127. The van der Waals surface area contributed by atoms with Crippen LogP contribution in [0.3, 0.4) is 0 Å². The lowest BCUT2D eigenvalue weighted by atomic mass is 10.1. The summed E-state index contributed by atoms with van der Waals surface area (Å²) >= 11 is 0. The van der Waals surface area contributed by atoms with Crippen LogP contribution < -0.4 is 15.4 Å². The van der Waals surface area contributed by atoms with Crippen LogP contribution in [0.5, 0.6) is 5.75 Å². The molecule has 1 aromatic heterocycles. The van der Waals surface area contributed by atoms with Crippen LogP contribution in [-0.4, -0.2) is 44.2 Å². The standard InChI is InChI=1S/C21H28F2N4O2.HI/c1-24-21(25-14-16-8-3-4-9-18(16)29-20(22)23)26-15-17(19-10-7-13-28-19)27-11-5-2-6-12-27;/h3-4,7-10,13,17,20H,2,5-6,11-12,14-15H2,1H3,(H2,24,25,26);1H. The first-order valence-electron chi connectivity index (χ1n) is 9.92. The molecule has 0 amide bonds. The molecular formula is C21H29F2IN4O2. The first kappa shape index (κ1) is 24.4. The summed E-state index contributed by atoms with van der Waals surface area (Å²) in [5.74, 6) is 1.67. The van der Waals surface area contributed by atoms with E-state index in [0.717, 1.165) is 18.8 Å². The molecule has 1 aliphatic rings. The number of ether oxygens (including phenoxy) is 1. The Bertz CT molecular complexity index is 768. The third-order valence-corrected chi connectivity index (χ3v) is 5.02. The zero-order valence-electron chi connectivity index (χ0n) is 17.0. The van der Waals surface area contributed by atoms with E-state index in [9.17, 15) is 8.78 Å². The third-order valence-electron chi connectivity index (χ3n) is 5.02. The Kier molecular flexibility index (Phi) is 10.4. The summed E-state index contributed by atoms with van der Waals surface area (Å²) in [6.07, 6.45) is 5.33. The number of hydrogen-bond donors (Lipinski definition) is 2. The van der Waals surface area contributed by atoms with E-state index in [1.807, 2.05) is 12.1 Å². The van der Waals surface area contributed by atoms with E-state index in [2.05, 4.69) is 25.3 Å². The number of nitrogens with zero attached hydrogens (tertiary/aromatic N) is 2. The van der Waals surface area contributed by atoms with Gasteiger partial charge in [0.1, 0.15) is 11.5 Å². The van der Waals surface area contributed by atoms with Crippen LogP contribution in [0.25, 0.3) is 0 Å². The minimum absolute atomic E-state index is 0. The van der Waals surface area contributed by atoms with Gasteiger partial charge in [-0.15, -0.1) is 24.0 Å². The van der Waals surface area contributed by atoms with Gasteiger partial charge in [0.25, 0.3) is 0 Å². The monoisotopic (exact) mass is 534 g/mol. The summed E-state index contributed by atoms with van der Waals surface area (Å²) in [7, 11) is 1.68. The van der Waals surface area contributed by atoms with E-state index < -0.39 is 6.61 Å². The van der Waals surface area contributed by atoms with Crippen molar-refractivity contribution in [1.82, 2.24) is 15.5 Å². The molecule has 0 radical (unpaired) electrons. The highest BCUT2D eigenvalue weighted by Crippen LogP contribution is 2.24. The van der Waals surface area contributed by atoms with Gasteiger partial charge in [-0.1, -0.05) is 24.6 Å². The number of para-hydroxylation sites is 1. The molecule has 9 heteroatoms. The molecule has 6 nitrogen and oxygen atoms in total. The number of hydrogen-bond acceptors (Lipinski definition) is 4. The van der Waals surface area contributed by atoms with Crippen LogP contribution in [-0.2, 0) is 6.54 Å². The molecule has 3 rings (SSSR count). The third kappa shape index (κ3) is 7.12. The summed E-state index contributed by atoms with van der Waals surface area (Å²) in [6, 6.07) is 10.7. The molecule has 1 atom stereocenters. The fourth-order valence-corrected chi connectivity index (χ4v) is 3.57. The molecule has 2 heterocycles. The summed E-state index contributed by atoms with van der Waals surface area (Å²) in [5.41, 5.74) is 0.634. The smallest absolute Gasteiger partial charge is 0.387 e. The van der Waals surface area contributed by atoms with Gasteiger partial charge in [-0.3, -0.25) is 9.89 Å². The minimum Gasteiger partial charge on any atom is -0.468 e. The maximum atomic E-state index is 12.6. The average Bonchev–Trinajstić information content (AvgIpc) is 3.26. The predicted octanol–water partition coefficient (Wildman–Crippen LogP) is 4.39. The lowest BCUT2D eigenvalue weighted by Gasteiger charge is -2.33. The number of piperidine rings is 1. The maximum absolute atomic E-state index is 12.6. The van der Waals surface area contributed by atoms with Crippen molar-refractivity contribution in [3.8, 4) is 5.75 Å². The number of aliphatic imine (C=N–C) groups is 1. The van der Waals surface area contributed by atoms with Crippen molar-refractivity contribution < 1.29 is 17.9 Å². The number of alkyl halides is 2. The zero-order valence-corrected chi connectivity index (χ0v) is 19.4. The van der Waals surface area contributed by atoms with Gasteiger partial charge in [-0.05, 0) is 44.1 Å². The lowest BCUT2D eigenvalue weighted by Crippen LogP contribution is -2.44. The van der Waals surface area contributed by atoms with Crippen LogP contribution >= 0.6 is 24.0 Å². The zero-order chi connectivity index (χ0) is 20.5. The van der Waals surface area contributed by atoms with Gasteiger partial charge in [0.2, 0.25) is 0 Å². The molecule has 1 aliphatic heterocycles. The number of benzene rings is 1. The van der Waals surface area contributed by atoms with Gasteiger partial charge in [0.05, 0.1) is 12.3 Å². The van der Waals surface area contributed by atoms with Gasteiger partial charge in [0.15, 0.2) is 5.96 Å². The van der Waals surface area contributed by atoms with Gasteiger partial charge >= 0.3 is 6.61 Å². The van der Waals surface area contributed by atoms with Crippen molar-refractivity contribution in [2.75, 3.05) is 26.7 Å². The van der Waals surface area contributed by atoms with Crippen LogP contribution in [0.1, 0.15) is 36.6 Å². The van der Waals surface area contributed by atoms with Crippen LogP contribution in [0.4, 0.5) is 8.78 Å². The number of rotatable bonds is 8. The summed E-state index contributed by atoms with van der Waals surface area (Å²) in [4.78, 5) is 6.67. The van der Waals surface area contributed by atoms with Crippen molar-refractivity contribution in [2.45, 2.75) is 38.5 Å². The maximum Gasteiger partial charge on any atom is 0.387 e. The fraction of sp³-hybridized carbons (Fsp3) is 0.476. The Morgan fingerprint density at radius 3 is 2.57 bits per heavy atom. The fourth-order valence-electron chi connectivity index (χ4n) is 3.57. The summed E-state index contributed by atoms with van der Waals surface area (Å²) < 4.78 is 35.4. The first-order valence-corrected chi connectivity index (χ1v) is 9.92. The molecule has 0 bridgehead atoms. The molecule has 1 unspecified atom stereocenters. The molecule has 0 saturated carbocycles. The normalized spacial score (nSPS) is 16.1. The van der Waals surface area contributed by atoms with Gasteiger partial charge in [-0.25, -0.2) is 0 Å². The summed E-state index contributed by atoms with van der Waals surface area (Å²) in [6.45, 7) is 0.168. The SMILES string of the molecule is CN=C(NCc1ccccc1OC(F)F)NCC(c1ccco1)N1CCCCC1.I. The largest absolute Gasteiger partial charge is 0.468 e. The Labute approximate surface area is 193 Å². The molecule has 30 heavy (non-hydrogen) atoms. The Morgan fingerprint density at radius 2 is 1.90 bits per heavy atom. The van der Waals surface area contributed by atoms with E-state index in [0.29, 0.717) is 24.6 Å². The number of halogens is 3. The Balaban J connectivity index is 0.00000320. The van der Waals surface area contributed by atoms with Crippen LogP contribution in [0.2, 0.25) is 0 Å². The summed E-state index contributed by atoms with van der Waals surface area (Å²) in [5, 5.41) is 6.50. The molecule has 1 fully saturated rings. The van der Waals surface area contributed by atoms with E-state index in [1.165, 1.54) is 25.3 Å². The highest BCUT2D eigenvalue weighted by Gasteiger charge is 2.24. The minimum atomic E-state index is -2.85. The number of furan rings is 1.